The summed E-state index contributed by atoms with van der Waals surface area (Å²) < 4.78 is 24.6. The first-order valence-corrected chi connectivity index (χ1v) is 6.11. The molecule has 1 aromatic carbocycles. The predicted octanol–water partition coefficient (Wildman–Crippen LogP) is 1.76. The molecule has 1 aromatic rings. The molecule has 1 heterocycles. The first-order chi connectivity index (χ1) is 8.59. The normalized spacial score (nSPS) is 20.3. The number of phenols is 1. The minimum Gasteiger partial charge on any atom is -0.505 e. The first-order valence-electron chi connectivity index (χ1n) is 6.11. The fourth-order valence-electron chi connectivity index (χ4n) is 2.14. The highest BCUT2D eigenvalue weighted by molar-refractivity contribution is 5.55. The molecule has 0 aromatic heterocycles. The van der Waals surface area contributed by atoms with E-state index in [1.165, 1.54) is 0 Å². The molecule has 2 aliphatic rings. The predicted molar refractivity (Wildman–Crippen MR) is 61.6 cm³/mol. The fraction of sp³-hybridized carbons (Fsp3) is 0.538. The maximum absolute atomic E-state index is 13.6. The Hall–Kier alpha value is -1.49. The van der Waals surface area contributed by atoms with Crippen LogP contribution in [-0.4, -0.2) is 29.0 Å². The van der Waals surface area contributed by atoms with E-state index in [9.17, 15) is 14.6 Å². The topological polar surface area (TPSA) is 58.9 Å². The van der Waals surface area contributed by atoms with E-state index in [1.54, 1.807) is 0 Å². The molecule has 0 amide bonds. The zero-order valence-electron chi connectivity index (χ0n) is 9.91. The first kappa shape index (κ1) is 11.6. The molecular weight excluding hydrogens is 239 g/mol. The summed E-state index contributed by atoms with van der Waals surface area (Å²) in [5, 5.41) is 19.8. The van der Waals surface area contributed by atoms with Crippen LogP contribution in [0.25, 0.3) is 0 Å². The van der Waals surface area contributed by atoms with E-state index in [2.05, 4.69) is 0 Å². The highest BCUT2D eigenvalue weighted by atomic mass is 19.1. The number of hydrogen-bond acceptors (Lipinski definition) is 4. The number of fused-ring (bicyclic) bond motifs is 1. The Bertz CT molecular complexity index is 482. The summed E-state index contributed by atoms with van der Waals surface area (Å²) in [4.78, 5) is 0. The molecule has 1 fully saturated rings. The number of benzene rings is 1. The van der Waals surface area contributed by atoms with Gasteiger partial charge < -0.3 is 19.7 Å². The lowest BCUT2D eigenvalue weighted by Crippen LogP contribution is -2.13. The van der Waals surface area contributed by atoms with Crippen LogP contribution in [0.5, 0.6) is 17.2 Å². The van der Waals surface area contributed by atoms with Crippen molar-refractivity contribution in [1.29, 1.82) is 0 Å². The van der Waals surface area contributed by atoms with E-state index in [-0.39, 0.29) is 6.42 Å². The molecule has 1 saturated carbocycles. The second kappa shape index (κ2) is 4.02. The van der Waals surface area contributed by atoms with E-state index in [0.717, 1.165) is 6.07 Å². The standard InChI is InChI=1S/C13H15FO4/c14-9-6-10-12(18-5-1-4-17-10)8(11(9)15)7-13(16)2-3-13/h6,15-16H,1-5,7H2. The smallest absolute Gasteiger partial charge is 0.169 e. The van der Waals surface area contributed by atoms with Gasteiger partial charge in [-0.25, -0.2) is 4.39 Å². The summed E-state index contributed by atoms with van der Waals surface area (Å²) >= 11 is 0. The van der Waals surface area contributed by atoms with Gasteiger partial charge in [-0.2, -0.15) is 0 Å². The highest BCUT2D eigenvalue weighted by Crippen LogP contribution is 2.46. The molecule has 98 valence electrons. The van der Waals surface area contributed by atoms with Gasteiger partial charge in [0.2, 0.25) is 0 Å². The maximum atomic E-state index is 13.6. The quantitative estimate of drug-likeness (QED) is 0.844. The minimum absolute atomic E-state index is 0.197. The number of halogens is 1. The third-order valence-corrected chi connectivity index (χ3v) is 3.39. The summed E-state index contributed by atoms with van der Waals surface area (Å²) in [6, 6.07) is 1.14. The third kappa shape index (κ3) is 1.99. The van der Waals surface area contributed by atoms with Crippen molar-refractivity contribution in [2.24, 2.45) is 0 Å². The van der Waals surface area contributed by atoms with Gasteiger partial charge in [-0.1, -0.05) is 0 Å². The van der Waals surface area contributed by atoms with Crippen molar-refractivity contribution in [2.75, 3.05) is 13.2 Å². The van der Waals surface area contributed by atoms with Crippen LogP contribution >= 0.6 is 0 Å². The Morgan fingerprint density at radius 2 is 2.00 bits per heavy atom. The van der Waals surface area contributed by atoms with Crippen molar-refractivity contribution in [1.82, 2.24) is 0 Å². The molecule has 4 nitrogen and oxygen atoms in total. The summed E-state index contributed by atoms with van der Waals surface area (Å²) in [5.74, 6) is -0.508. The molecule has 5 heteroatoms. The molecule has 0 saturated heterocycles. The van der Waals surface area contributed by atoms with Gasteiger partial charge in [-0.3, -0.25) is 0 Å². The SMILES string of the molecule is Oc1c(F)cc2c(c1CC1(O)CC1)OCCCO2. The molecule has 0 unspecified atom stereocenters. The van der Waals surface area contributed by atoms with Gasteiger partial charge in [-0.05, 0) is 12.8 Å². The Labute approximate surface area is 104 Å². The summed E-state index contributed by atoms with van der Waals surface area (Å²) in [7, 11) is 0. The molecule has 1 aliphatic heterocycles. The molecule has 0 radical (unpaired) electrons. The molecule has 0 spiro atoms. The monoisotopic (exact) mass is 254 g/mol. The summed E-state index contributed by atoms with van der Waals surface area (Å²) in [6.45, 7) is 0.921. The molecule has 2 N–H and O–H groups in total. The number of ether oxygens (including phenoxy) is 2. The second-order valence-corrected chi connectivity index (χ2v) is 4.96. The third-order valence-electron chi connectivity index (χ3n) is 3.39. The maximum Gasteiger partial charge on any atom is 0.169 e. The summed E-state index contributed by atoms with van der Waals surface area (Å²) in [6.07, 6.45) is 2.24. The molecule has 0 bridgehead atoms. The summed E-state index contributed by atoms with van der Waals surface area (Å²) in [5.41, 5.74) is -0.513. The second-order valence-electron chi connectivity index (χ2n) is 4.96. The van der Waals surface area contributed by atoms with Crippen molar-refractivity contribution < 1.29 is 24.1 Å². The van der Waals surface area contributed by atoms with Crippen LogP contribution in [0.2, 0.25) is 0 Å². The lowest BCUT2D eigenvalue weighted by atomic mass is 10.0. The van der Waals surface area contributed by atoms with Crippen LogP contribution in [0.3, 0.4) is 0 Å². The zero-order chi connectivity index (χ0) is 12.8. The molecule has 0 atom stereocenters. The van der Waals surface area contributed by atoms with Crippen LogP contribution in [0.1, 0.15) is 24.8 Å². The van der Waals surface area contributed by atoms with Gasteiger partial charge in [0, 0.05) is 24.5 Å². The lowest BCUT2D eigenvalue weighted by molar-refractivity contribution is 0.148. The number of aromatic hydroxyl groups is 1. The lowest BCUT2D eigenvalue weighted by Gasteiger charge is -2.16. The van der Waals surface area contributed by atoms with Gasteiger partial charge in [-0.15, -0.1) is 0 Å². The Balaban J connectivity index is 2.05. The van der Waals surface area contributed by atoms with Crippen LogP contribution in [0, 0.1) is 5.82 Å². The number of phenolic OH excluding ortho intramolecular Hbond substituents is 1. The van der Waals surface area contributed by atoms with E-state index in [0.29, 0.717) is 49.5 Å². The molecule has 1 aliphatic carbocycles. The Morgan fingerprint density at radius 1 is 1.28 bits per heavy atom. The number of rotatable bonds is 2. The van der Waals surface area contributed by atoms with Crippen molar-refractivity contribution in [3.8, 4) is 17.2 Å². The van der Waals surface area contributed by atoms with Crippen LogP contribution in [-0.2, 0) is 6.42 Å². The molecular formula is C13H15FO4. The van der Waals surface area contributed by atoms with Crippen molar-refractivity contribution in [3.05, 3.63) is 17.4 Å². The van der Waals surface area contributed by atoms with E-state index in [4.69, 9.17) is 9.47 Å². The largest absolute Gasteiger partial charge is 0.505 e. The fourth-order valence-corrected chi connectivity index (χ4v) is 2.14. The van der Waals surface area contributed by atoms with Gasteiger partial charge in [0.1, 0.15) is 0 Å². The van der Waals surface area contributed by atoms with Crippen molar-refractivity contribution in [2.45, 2.75) is 31.3 Å². The van der Waals surface area contributed by atoms with Gasteiger partial charge in [0.15, 0.2) is 23.1 Å². The molecule has 18 heavy (non-hydrogen) atoms. The number of hydrogen-bond donors (Lipinski definition) is 2. The van der Waals surface area contributed by atoms with Crippen molar-refractivity contribution in [3.63, 3.8) is 0 Å². The van der Waals surface area contributed by atoms with E-state index >= 15 is 0 Å². The average molecular weight is 254 g/mol. The molecule has 3 rings (SSSR count). The van der Waals surface area contributed by atoms with E-state index in [1.807, 2.05) is 0 Å². The van der Waals surface area contributed by atoms with Crippen LogP contribution in [0.15, 0.2) is 6.07 Å². The van der Waals surface area contributed by atoms with Gasteiger partial charge in [0.05, 0.1) is 18.8 Å². The zero-order valence-corrected chi connectivity index (χ0v) is 9.91. The highest BCUT2D eigenvalue weighted by Gasteiger charge is 2.42. The Morgan fingerprint density at radius 3 is 2.72 bits per heavy atom. The van der Waals surface area contributed by atoms with E-state index < -0.39 is 17.2 Å². The van der Waals surface area contributed by atoms with Crippen LogP contribution in [0.4, 0.5) is 4.39 Å². The number of aliphatic hydroxyl groups is 1. The Kier molecular flexibility index (Phi) is 2.59. The van der Waals surface area contributed by atoms with Gasteiger partial charge >= 0.3 is 0 Å². The van der Waals surface area contributed by atoms with Crippen LogP contribution < -0.4 is 9.47 Å². The minimum atomic E-state index is -0.825. The van der Waals surface area contributed by atoms with Gasteiger partial charge in [0.25, 0.3) is 0 Å². The van der Waals surface area contributed by atoms with Crippen molar-refractivity contribution >= 4 is 0 Å². The average Bonchev–Trinajstić information content (AvgIpc) is 3.09.